The standard InChI is InChI=1S/C52H94O6/c1-4-7-10-13-16-19-22-24-25-26-27-29-30-33-36-39-42-45-51(54)57-48-49(47-56-50(53)44-41-38-35-32-21-18-15-12-9-6-3)58-52(55)46-43-40-37-34-31-28-23-20-17-14-11-8-5-2/h7,10,16,19,24-25,49H,4-6,8-9,11-15,17-18,20-23,26-48H2,1-3H3/b10-7-,19-16-,25-24-. The lowest BCUT2D eigenvalue weighted by molar-refractivity contribution is -0.167. The SMILES string of the molecule is CC/C=C\C/C=C\C/C=C\CCCCCCCCCC(=O)OCC(COC(=O)CCCCCCCCCCCC)OC(=O)CCCCCCCCCCCCCCC. The van der Waals surface area contributed by atoms with E-state index in [0.29, 0.717) is 19.3 Å². The van der Waals surface area contributed by atoms with E-state index in [0.717, 1.165) is 83.5 Å². The number of hydrogen-bond donors (Lipinski definition) is 0. The summed E-state index contributed by atoms with van der Waals surface area (Å²) in [5.74, 6) is -0.874. The second kappa shape index (κ2) is 47.3. The van der Waals surface area contributed by atoms with Gasteiger partial charge in [-0.2, -0.15) is 0 Å². The maximum absolute atomic E-state index is 12.8. The van der Waals surface area contributed by atoms with Crippen molar-refractivity contribution < 1.29 is 28.6 Å². The van der Waals surface area contributed by atoms with Crippen LogP contribution in [-0.2, 0) is 28.6 Å². The minimum atomic E-state index is -0.769. The normalized spacial score (nSPS) is 12.3. The van der Waals surface area contributed by atoms with E-state index < -0.39 is 6.10 Å². The molecule has 0 heterocycles. The highest BCUT2D eigenvalue weighted by atomic mass is 16.6. The number of carbonyl (C=O) groups is 3. The average Bonchev–Trinajstić information content (AvgIpc) is 3.22. The highest BCUT2D eigenvalue weighted by Crippen LogP contribution is 2.15. The van der Waals surface area contributed by atoms with E-state index in [9.17, 15) is 14.4 Å². The molecule has 0 aliphatic rings. The fourth-order valence-corrected chi connectivity index (χ4v) is 7.16. The predicted molar refractivity (Wildman–Crippen MR) is 247 cm³/mol. The second-order valence-corrected chi connectivity index (χ2v) is 16.7. The fourth-order valence-electron chi connectivity index (χ4n) is 7.16. The topological polar surface area (TPSA) is 78.9 Å². The van der Waals surface area contributed by atoms with Crippen LogP contribution in [0.5, 0.6) is 0 Å². The van der Waals surface area contributed by atoms with Crippen LogP contribution in [0.15, 0.2) is 36.5 Å². The Bertz CT molecular complexity index is 984. The summed E-state index contributed by atoms with van der Waals surface area (Å²) in [6.07, 6.45) is 54.1. The van der Waals surface area contributed by atoms with Crippen LogP contribution in [0.25, 0.3) is 0 Å². The Hall–Kier alpha value is -2.37. The average molecular weight is 815 g/mol. The van der Waals surface area contributed by atoms with Crippen molar-refractivity contribution in [2.45, 2.75) is 264 Å². The molecule has 58 heavy (non-hydrogen) atoms. The number of unbranched alkanes of at least 4 members (excludes halogenated alkanes) is 28. The number of allylic oxidation sites excluding steroid dienone is 6. The first-order valence-corrected chi connectivity index (χ1v) is 25.0. The molecule has 338 valence electrons. The summed E-state index contributed by atoms with van der Waals surface area (Å²) in [6.45, 7) is 6.52. The quantitative estimate of drug-likeness (QED) is 0.0264. The molecule has 0 bridgehead atoms. The minimum Gasteiger partial charge on any atom is -0.462 e. The number of rotatable bonds is 45. The molecular weight excluding hydrogens is 721 g/mol. The summed E-state index contributed by atoms with van der Waals surface area (Å²) in [7, 11) is 0. The van der Waals surface area contributed by atoms with E-state index >= 15 is 0 Å². The summed E-state index contributed by atoms with van der Waals surface area (Å²) in [6, 6.07) is 0. The molecule has 0 aliphatic heterocycles. The third-order valence-electron chi connectivity index (χ3n) is 10.9. The van der Waals surface area contributed by atoms with Gasteiger partial charge in [0.15, 0.2) is 6.10 Å². The Labute approximate surface area is 359 Å². The number of esters is 3. The molecule has 0 fully saturated rings. The first-order valence-electron chi connectivity index (χ1n) is 25.0. The molecule has 0 radical (unpaired) electrons. The van der Waals surface area contributed by atoms with Crippen molar-refractivity contribution in [3.8, 4) is 0 Å². The Balaban J connectivity index is 4.33. The molecular formula is C52H94O6. The molecule has 0 amide bonds. The van der Waals surface area contributed by atoms with Gasteiger partial charge in [0.1, 0.15) is 13.2 Å². The van der Waals surface area contributed by atoms with Crippen molar-refractivity contribution in [2.24, 2.45) is 0 Å². The summed E-state index contributed by atoms with van der Waals surface area (Å²) in [5, 5.41) is 0. The molecule has 6 nitrogen and oxygen atoms in total. The fraction of sp³-hybridized carbons (Fsp3) is 0.827. The molecule has 0 aromatic rings. The zero-order valence-electron chi connectivity index (χ0n) is 38.6. The molecule has 6 heteroatoms. The van der Waals surface area contributed by atoms with Crippen LogP contribution in [0.1, 0.15) is 258 Å². The van der Waals surface area contributed by atoms with Crippen molar-refractivity contribution in [1.29, 1.82) is 0 Å². The molecule has 1 unspecified atom stereocenters. The Kier molecular flexibility index (Phi) is 45.4. The molecule has 0 aromatic heterocycles. The highest BCUT2D eigenvalue weighted by Gasteiger charge is 2.19. The van der Waals surface area contributed by atoms with E-state index in [1.54, 1.807) is 0 Å². The van der Waals surface area contributed by atoms with Gasteiger partial charge in [-0.1, -0.05) is 224 Å². The lowest BCUT2D eigenvalue weighted by Gasteiger charge is -2.18. The van der Waals surface area contributed by atoms with Gasteiger partial charge in [0, 0.05) is 19.3 Å². The number of hydrogen-bond acceptors (Lipinski definition) is 6. The van der Waals surface area contributed by atoms with Gasteiger partial charge in [0.05, 0.1) is 0 Å². The first kappa shape index (κ1) is 55.6. The summed E-state index contributed by atoms with van der Waals surface area (Å²) in [4.78, 5) is 37.8. The number of carbonyl (C=O) groups excluding carboxylic acids is 3. The van der Waals surface area contributed by atoms with Crippen LogP contribution >= 0.6 is 0 Å². The van der Waals surface area contributed by atoms with Crippen molar-refractivity contribution in [2.75, 3.05) is 13.2 Å². The van der Waals surface area contributed by atoms with Crippen LogP contribution in [0.2, 0.25) is 0 Å². The van der Waals surface area contributed by atoms with Gasteiger partial charge in [0.25, 0.3) is 0 Å². The highest BCUT2D eigenvalue weighted by molar-refractivity contribution is 5.71. The van der Waals surface area contributed by atoms with Gasteiger partial charge in [-0.05, 0) is 51.4 Å². The Morgan fingerprint density at radius 3 is 1.05 bits per heavy atom. The van der Waals surface area contributed by atoms with Gasteiger partial charge < -0.3 is 14.2 Å². The molecule has 0 N–H and O–H groups in total. The van der Waals surface area contributed by atoms with Gasteiger partial charge in [-0.25, -0.2) is 0 Å². The zero-order valence-corrected chi connectivity index (χ0v) is 38.6. The summed E-state index contributed by atoms with van der Waals surface area (Å²) < 4.78 is 16.8. The van der Waals surface area contributed by atoms with Crippen molar-refractivity contribution in [3.05, 3.63) is 36.5 Å². The minimum absolute atomic E-state index is 0.0714. The smallest absolute Gasteiger partial charge is 0.306 e. The molecule has 0 rings (SSSR count). The zero-order chi connectivity index (χ0) is 42.3. The maximum Gasteiger partial charge on any atom is 0.306 e. The second-order valence-electron chi connectivity index (χ2n) is 16.7. The summed E-state index contributed by atoms with van der Waals surface area (Å²) >= 11 is 0. The van der Waals surface area contributed by atoms with Crippen LogP contribution < -0.4 is 0 Å². The number of ether oxygens (including phenoxy) is 3. The van der Waals surface area contributed by atoms with Gasteiger partial charge >= 0.3 is 17.9 Å². The monoisotopic (exact) mass is 815 g/mol. The third kappa shape index (κ3) is 44.7. The predicted octanol–water partition coefficient (Wildman–Crippen LogP) is 16.1. The van der Waals surface area contributed by atoms with Gasteiger partial charge in [-0.3, -0.25) is 14.4 Å². The van der Waals surface area contributed by atoms with Gasteiger partial charge in [0.2, 0.25) is 0 Å². The lowest BCUT2D eigenvalue weighted by Crippen LogP contribution is -2.30. The van der Waals surface area contributed by atoms with Crippen molar-refractivity contribution in [1.82, 2.24) is 0 Å². The van der Waals surface area contributed by atoms with Crippen LogP contribution in [0.4, 0.5) is 0 Å². The molecule has 0 saturated heterocycles. The van der Waals surface area contributed by atoms with E-state index in [2.05, 4.69) is 57.2 Å². The molecule has 0 saturated carbocycles. The van der Waals surface area contributed by atoms with E-state index in [-0.39, 0.29) is 31.1 Å². The Morgan fingerprint density at radius 2 is 0.672 bits per heavy atom. The van der Waals surface area contributed by atoms with E-state index in [1.165, 1.54) is 135 Å². The van der Waals surface area contributed by atoms with E-state index in [1.807, 2.05) is 0 Å². The van der Waals surface area contributed by atoms with Crippen LogP contribution in [0, 0.1) is 0 Å². The summed E-state index contributed by atoms with van der Waals surface area (Å²) in [5.41, 5.74) is 0. The first-order chi connectivity index (χ1) is 28.5. The molecule has 0 aliphatic carbocycles. The van der Waals surface area contributed by atoms with Gasteiger partial charge in [-0.15, -0.1) is 0 Å². The van der Waals surface area contributed by atoms with Crippen molar-refractivity contribution in [3.63, 3.8) is 0 Å². The maximum atomic E-state index is 12.8. The van der Waals surface area contributed by atoms with E-state index in [4.69, 9.17) is 14.2 Å². The molecule has 1 atom stereocenters. The lowest BCUT2D eigenvalue weighted by atomic mass is 10.0. The van der Waals surface area contributed by atoms with Crippen molar-refractivity contribution >= 4 is 17.9 Å². The molecule has 0 spiro atoms. The molecule has 0 aromatic carbocycles. The largest absolute Gasteiger partial charge is 0.462 e. The van der Waals surface area contributed by atoms with Crippen LogP contribution in [-0.4, -0.2) is 37.2 Å². The Morgan fingerprint density at radius 1 is 0.362 bits per heavy atom. The van der Waals surface area contributed by atoms with Crippen LogP contribution in [0.3, 0.4) is 0 Å². The third-order valence-corrected chi connectivity index (χ3v) is 10.9.